The summed E-state index contributed by atoms with van der Waals surface area (Å²) in [5.74, 6) is 0.665. The monoisotopic (exact) mass is 362 g/mol. The standard InChI is InChI=1S/C21H22N4O2/c1-27-17-9-5-8-16(12-17)18-13-19-21(26)23-14-20(25(19)24-18)22-11-10-15-6-3-2-4-7-15/h2-9,12-13,20,22H,10-11,14H2,1H3,(H,23,26)/t20-/m1/s1. The SMILES string of the molecule is COc1cccc(-c2cc3n(n2)[C@@H](NCCc2ccccc2)CNC3=O)c1. The van der Waals surface area contributed by atoms with E-state index >= 15 is 0 Å². The maximum Gasteiger partial charge on any atom is 0.269 e. The molecule has 138 valence electrons. The zero-order valence-electron chi connectivity index (χ0n) is 15.2. The van der Waals surface area contributed by atoms with Crippen LogP contribution in [0, 0.1) is 0 Å². The van der Waals surface area contributed by atoms with Crippen molar-refractivity contribution in [3.05, 3.63) is 71.9 Å². The second kappa shape index (κ2) is 7.63. The molecule has 0 bridgehead atoms. The van der Waals surface area contributed by atoms with Gasteiger partial charge in [-0.05, 0) is 30.2 Å². The summed E-state index contributed by atoms with van der Waals surface area (Å²) in [4.78, 5) is 12.3. The Morgan fingerprint density at radius 1 is 1.19 bits per heavy atom. The largest absolute Gasteiger partial charge is 0.497 e. The van der Waals surface area contributed by atoms with Crippen molar-refractivity contribution in [2.75, 3.05) is 20.2 Å². The van der Waals surface area contributed by atoms with Crippen molar-refractivity contribution in [2.24, 2.45) is 0 Å². The minimum atomic E-state index is -0.0993. The van der Waals surface area contributed by atoms with Gasteiger partial charge < -0.3 is 10.1 Å². The third kappa shape index (κ3) is 3.71. The van der Waals surface area contributed by atoms with Gasteiger partial charge in [0.1, 0.15) is 17.6 Å². The fraction of sp³-hybridized carbons (Fsp3) is 0.238. The molecular formula is C21H22N4O2. The van der Waals surface area contributed by atoms with Gasteiger partial charge in [-0.15, -0.1) is 0 Å². The number of hydrogen-bond acceptors (Lipinski definition) is 4. The Balaban J connectivity index is 1.53. The van der Waals surface area contributed by atoms with Crippen LogP contribution in [0.5, 0.6) is 5.75 Å². The van der Waals surface area contributed by atoms with E-state index in [-0.39, 0.29) is 12.1 Å². The van der Waals surface area contributed by atoms with Gasteiger partial charge in [-0.2, -0.15) is 5.10 Å². The Bertz CT molecular complexity index is 936. The number of rotatable bonds is 6. The molecule has 2 N–H and O–H groups in total. The predicted octanol–water partition coefficient (Wildman–Crippen LogP) is 2.63. The van der Waals surface area contributed by atoms with Crippen molar-refractivity contribution in [1.82, 2.24) is 20.4 Å². The first-order valence-corrected chi connectivity index (χ1v) is 9.04. The van der Waals surface area contributed by atoms with Gasteiger partial charge in [0.15, 0.2) is 0 Å². The molecule has 4 rings (SSSR count). The number of benzene rings is 2. The maximum atomic E-state index is 12.3. The molecule has 1 aromatic heterocycles. The summed E-state index contributed by atoms with van der Waals surface area (Å²) < 4.78 is 7.08. The zero-order chi connectivity index (χ0) is 18.6. The number of carbonyl (C=O) groups excluding carboxylic acids is 1. The highest BCUT2D eigenvalue weighted by atomic mass is 16.5. The van der Waals surface area contributed by atoms with E-state index in [4.69, 9.17) is 9.84 Å². The summed E-state index contributed by atoms with van der Waals surface area (Å²) in [5.41, 5.74) is 3.53. The molecule has 2 heterocycles. The average molecular weight is 362 g/mol. The molecule has 2 aromatic carbocycles. The molecule has 0 saturated heterocycles. The van der Waals surface area contributed by atoms with Gasteiger partial charge in [0.05, 0.1) is 19.3 Å². The molecule has 0 spiro atoms. The Morgan fingerprint density at radius 2 is 2.04 bits per heavy atom. The Hall–Kier alpha value is -3.12. The van der Waals surface area contributed by atoms with Gasteiger partial charge in [0.2, 0.25) is 0 Å². The molecule has 27 heavy (non-hydrogen) atoms. The van der Waals surface area contributed by atoms with E-state index < -0.39 is 0 Å². The number of hydrogen-bond donors (Lipinski definition) is 2. The van der Waals surface area contributed by atoms with E-state index in [1.807, 2.05) is 48.5 Å². The van der Waals surface area contributed by atoms with Crippen LogP contribution in [-0.2, 0) is 6.42 Å². The number of nitrogens with one attached hydrogen (secondary N) is 2. The quantitative estimate of drug-likeness (QED) is 0.707. The number of ether oxygens (including phenoxy) is 1. The molecule has 1 aliphatic heterocycles. The third-order valence-corrected chi connectivity index (χ3v) is 4.72. The molecule has 0 aliphatic carbocycles. The Morgan fingerprint density at radius 3 is 2.85 bits per heavy atom. The van der Waals surface area contributed by atoms with Crippen LogP contribution in [0.3, 0.4) is 0 Å². The number of fused-ring (bicyclic) bond motifs is 1. The van der Waals surface area contributed by atoms with Crippen molar-refractivity contribution >= 4 is 5.91 Å². The molecule has 6 nitrogen and oxygen atoms in total. The minimum absolute atomic E-state index is 0.0687. The lowest BCUT2D eigenvalue weighted by Crippen LogP contribution is -2.45. The fourth-order valence-electron chi connectivity index (χ4n) is 3.28. The van der Waals surface area contributed by atoms with E-state index in [0.717, 1.165) is 30.0 Å². The highest BCUT2D eigenvalue weighted by Gasteiger charge is 2.27. The molecule has 3 aromatic rings. The van der Waals surface area contributed by atoms with Crippen LogP contribution < -0.4 is 15.4 Å². The van der Waals surface area contributed by atoms with E-state index in [9.17, 15) is 4.79 Å². The molecular weight excluding hydrogens is 340 g/mol. The van der Waals surface area contributed by atoms with E-state index in [1.165, 1.54) is 5.56 Å². The van der Waals surface area contributed by atoms with Crippen LogP contribution in [0.25, 0.3) is 11.3 Å². The first kappa shape index (κ1) is 17.3. The molecule has 0 saturated carbocycles. The summed E-state index contributed by atoms with van der Waals surface area (Å²) in [6, 6.07) is 19.9. The normalized spacial score (nSPS) is 15.9. The lowest BCUT2D eigenvalue weighted by atomic mass is 10.1. The summed E-state index contributed by atoms with van der Waals surface area (Å²) in [6.07, 6.45) is 0.853. The summed E-state index contributed by atoms with van der Waals surface area (Å²) in [7, 11) is 1.64. The van der Waals surface area contributed by atoms with Crippen LogP contribution in [0.15, 0.2) is 60.7 Å². The van der Waals surface area contributed by atoms with Gasteiger partial charge in [0.25, 0.3) is 5.91 Å². The summed E-state index contributed by atoms with van der Waals surface area (Å²) in [5, 5.41) is 11.1. The minimum Gasteiger partial charge on any atom is -0.497 e. The third-order valence-electron chi connectivity index (χ3n) is 4.72. The van der Waals surface area contributed by atoms with Crippen molar-refractivity contribution in [3.63, 3.8) is 0 Å². The van der Waals surface area contributed by atoms with Gasteiger partial charge in [-0.25, -0.2) is 4.68 Å². The first-order chi connectivity index (χ1) is 13.2. The van der Waals surface area contributed by atoms with Crippen molar-refractivity contribution < 1.29 is 9.53 Å². The molecule has 1 aliphatic rings. The molecule has 0 fully saturated rings. The predicted molar refractivity (Wildman–Crippen MR) is 104 cm³/mol. The Kier molecular flexibility index (Phi) is 4.89. The maximum absolute atomic E-state index is 12.3. The Labute approximate surface area is 158 Å². The lowest BCUT2D eigenvalue weighted by Gasteiger charge is -2.25. The van der Waals surface area contributed by atoms with Gasteiger partial charge in [0, 0.05) is 12.1 Å². The van der Waals surface area contributed by atoms with Crippen molar-refractivity contribution in [3.8, 4) is 17.0 Å². The molecule has 1 atom stereocenters. The highest BCUT2D eigenvalue weighted by Crippen LogP contribution is 2.25. The van der Waals surface area contributed by atoms with Gasteiger partial charge in [-0.3, -0.25) is 10.1 Å². The van der Waals surface area contributed by atoms with Crippen LogP contribution in [-0.4, -0.2) is 35.9 Å². The van der Waals surface area contributed by atoms with E-state index in [0.29, 0.717) is 12.2 Å². The second-order valence-corrected chi connectivity index (χ2v) is 6.51. The summed E-state index contributed by atoms with van der Waals surface area (Å²) in [6.45, 7) is 1.32. The van der Waals surface area contributed by atoms with Crippen LogP contribution in [0.4, 0.5) is 0 Å². The number of methoxy groups -OCH3 is 1. The number of aromatic nitrogens is 2. The first-order valence-electron chi connectivity index (χ1n) is 9.04. The van der Waals surface area contributed by atoms with Gasteiger partial charge >= 0.3 is 0 Å². The number of amides is 1. The number of carbonyl (C=O) groups is 1. The van der Waals surface area contributed by atoms with E-state index in [2.05, 4.69) is 22.8 Å². The molecule has 0 radical (unpaired) electrons. The molecule has 6 heteroatoms. The zero-order valence-corrected chi connectivity index (χ0v) is 15.2. The van der Waals surface area contributed by atoms with Crippen molar-refractivity contribution in [2.45, 2.75) is 12.6 Å². The van der Waals surface area contributed by atoms with Crippen molar-refractivity contribution in [1.29, 1.82) is 0 Å². The van der Waals surface area contributed by atoms with Gasteiger partial charge in [-0.1, -0.05) is 42.5 Å². The lowest BCUT2D eigenvalue weighted by molar-refractivity contribution is 0.0901. The number of nitrogens with zero attached hydrogens (tertiary/aromatic N) is 2. The fourth-order valence-corrected chi connectivity index (χ4v) is 3.28. The van der Waals surface area contributed by atoms with Crippen LogP contribution >= 0.6 is 0 Å². The second-order valence-electron chi connectivity index (χ2n) is 6.51. The van der Waals surface area contributed by atoms with Crippen LogP contribution in [0.2, 0.25) is 0 Å². The highest BCUT2D eigenvalue weighted by molar-refractivity contribution is 5.94. The topological polar surface area (TPSA) is 68.2 Å². The average Bonchev–Trinajstić information content (AvgIpc) is 3.17. The summed E-state index contributed by atoms with van der Waals surface area (Å²) >= 11 is 0. The smallest absolute Gasteiger partial charge is 0.269 e. The molecule has 1 amide bonds. The molecule has 0 unspecified atom stereocenters. The van der Waals surface area contributed by atoms with E-state index in [1.54, 1.807) is 11.8 Å². The van der Waals surface area contributed by atoms with Crippen LogP contribution in [0.1, 0.15) is 22.2 Å².